The van der Waals surface area contributed by atoms with Gasteiger partial charge in [-0.25, -0.2) is 4.39 Å². The maximum Gasteiger partial charge on any atom is 0.238 e. The van der Waals surface area contributed by atoms with Crippen molar-refractivity contribution in [2.24, 2.45) is 0 Å². The van der Waals surface area contributed by atoms with Gasteiger partial charge in [0.2, 0.25) is 11.1 Å². The van der Waals surface area contributed by atoms with E-state index < -0.39 is 5.25 Å². The highest BCUT2D eigenvalue weighted by Gasteiger charge is 2.31. The van der Waals surface area contributed by atoms with E-state index in [1.807, 2.05) is 32.0 Å². The quantitative estimate of drug-likeness (QED) is 0.644. The minimum atomic E-state index is -0.574. The highest BCUT2D eigenvalue weighted by molar-refractivity contribution is 8.00. The molecule has 0 spiro atoms. The van der Waals surface area contributed by atoms with E-state index >= 15 is 0 Å². The zero-order valence-corrected chi connectivity index (χ0v) is 16.4. The predicted octanol–water partition coefficient (Wildman–Crippen LogP) is 3.53. The maximum absolute atomic E-state index is 13.4. The number of carbonyl (C=O) groups is 1. The summed E-state index contributed by atoms with van der Waals surface area (Å²) in [6.45, 7) is 3.99. The van der Waals surface area contributed by atoms with E-state index in [0.717, 1.165) is 29.7 Å². The van der Waals surface area contributed by atoms with Crippen LogP contribution in [0.25, 0.3) is 5.69 Å². The fourth-order valence-corrected chi connectivity index (χ4v) is 4.04. The molecule has 0 radical (unpaired) electrons. The molecule has 1 heterocycles. The number of amides is 1. The summed E-state index contributed by atoms with van der Waals surface area (Å²) in [5.74, 6) is -0.453. The number of para-hydroxylation sites is 1. The van der Waals surface area contributed by atoms with Crippen LogP contribution in [0.2, 0.25) is 0 Å². The summed E-state index contributed by atoms with van der Waals surface area (Å²) in [7, 11) is 0. The Morgan fingerprint density at radius 1 is 1.18 bits per heavy atom. The number of aromatic nitrogens is 4. The third-order valence-electron chi connectivity index (χ3n) is 4.65. The molecule has 1 aliphatic carbocycles. The average Bonchev–Trinajstić information content (AvgIpc) is 3.36. The second kappa shape index (κ2) is 7.71. The molecule has 1 aliphatic rings. The summed E-state index contributed by atoms with van der Waals surface area (Å²) in [5.41, 5.74) is 3.68. The van der Waals surface area contributed by atoms with Gasteiger partial charge in [0.15, 0.2) is 0 Å². The number of thioether (sulfide) groups is 1. The molecule has 4 rings (SSSR count). The largest absolute Gasteiger partial charge is 0.352 e. The van der Waals surface area contributed by atoms with E-state index in [2.05, 4.69) is 20.8 Å². The van der Waals surface area contributed by atoms with Crippen LogP contribution < -0.4 is 5.32 Å². The van der Waals surface area contributed by atoms with Crippen molar-refractivity contribution < 1.29 is 9.18 Å². The molecule has 1 amide bonds. The molecule has 0 aliphatic heterocycles. The molecule has 28 heavy (non-hydrogen) atoms. The number of nitrogens with one attached hydrogen (secondary N) is 1. The van der Waals surface area contributed by atoms with E-state index in [9.17, 15) is 9.18 Å². The Balaban J connectivity index is 1.69. The molecule has 1 N–H and O–H groups in total. The van der Waals surface area contributed by atoms with E-state index in [0.29, 0.717) is 10.7 Å². The summed E-state index contributed by atoms with van der Waals surface area (Å²) < 4.78 is 15.0. The molecule has 0 saturated heterocycles. The third-order valence-corrected chi connectivity index (χ3v) is 5.84. The van der Waals surface area contributed by atoms with Crippen molar-refractivity contribution in [3.05, 3.63) is 65.0 Å². The van der Waals surface area contributed by atoms with Gasteiger partial charge in [0, 0.05) is 6.04 Å². The number of aryl methyl sites for hydroxylation is 2. The van der Waals surface area contributed by atoms with Crippen molar-refractivity contribution in [2.45, 2.75) is 43.1 Å². The minimum Gasteiger partial charge on any atom is -0.352 e. The fourth-order valence-electron chi connectivity index (χ4n) is 3.05. The Labute approximate surface area is 166 Å². The van der Waals surface area contributed by atoms with Crippen molar-refractivity contribution in [2.75, 3.05) is 0 Å². The van der Waals surface area contributed by atoms with Gasteiger partial charge in [0.05, 0.1) is 5.69 Å². The molecule has 2 aromatic carbocycles. The van der Waals surface area contributed by atoms with Crippen LogP contribution in [0.5, 0.6) is 0 Å². The van der Waals surface area contributed by atoms with Gasteiger partial charge in [0.25, 0.3) is 0 Å². The summed E-state index contributed by atoms with van der Waals surface area (Å²) >= 11 is 1.26. The first-order valence-electron chi connectivity index (χ1n) is 9.10. The standard InChI is InChI=1S/C20H20FN5OS/c1-12-4-3-5-13(2)17(12)26-20(23-24-25-26)28-18(19(27)22-16-10-11-16)14-6-8-15(21)9-7-14/h3-9,16,18H,10-11H2,1-2H3,(H,22,27)/t18-/m0/s1. The molecule has 8 heteroatoms. The van der Waals surface area contributed by atoms with Crippen molar-refractivity contribution >= 4 is 17.7 Å². The highest BCUT2D eigenvalue weighted by Crippen LogP contribution is 2.36. The molecular formula is C20H20FN5OS. The molecule has 3 aromatic rings. The Hall–Kier alpha value is -2.74. The Bertz CT molecular complexity index is 980. The number of nitrogens with zero attached hydrogens (tertiary/aromatic N) is 4. The van der Waals surface area contributed by atoms with Crippen LogP contribution in [0.4, 0.5) is 4.39 Å². The molecule has 0 bridgehead atoms. The maximum atomic E-state index is 13.4. The van der Waals surface area contributed by atoms with Gasteiger partial charge in [0.1, 0.15) is 11.1 Å². The number of hydrogen-bond donors (Lipinski definition) is 1. The second-order valence-electron chi connectivity index (χ2n) is 6.95. The van der Waals surface area contributed by atoms with Crippen LogP contribution in [0.15, 0.2) is 47.6 Å². The fraction of sp³-hybridized carbons (Fsp3) is 0.300. The SMILES string of the molecule is Cc1cccc(C)c1-n1nnnc1S[C@H](C(=O)NC1CC1)c1ccc(F)cc1. The molecule has 144 valence electrons. The zero-order chi connectivity index (χ0) is 19.7. The lowest BCUT2D eigenvalue weighted by atomic mass is 10.1. The average molecular weight is 397 g/mol. The molecule has 1 fully saturated rings. The van der Waals surface area contributed by atoms with E-state index in [1.54, 1.807) is 16.8 Å². The molecular weight excluding hydrogens is 377 g/mol. The minimum absolute atomic E-state index is 0.116. The van der Waals surface area contributed by atoms with Crippen molar-refractivity contribution in [3.8, 4) is 5.69 Å². The van der Waals surface area contributed by atoms with Crippen LogP contribution in [0, 0.1) is 19.7 Å². The number of benzene rings is 2. The zero-order valence-electron chi connectivity index (χ0n) is 15.6. The highest BCUT2D eigenvalue weighted by atomic mass is 32.2. The first kappa shape index (κ1) is 18.6. The predicted molar refractivity (Wildman–Crippen MR) is 105 cm³/mol. The summed E-state index contributed by atoms with van der Waals surface area (Å²) in [6, 6.07) is 12.2. The number of hydrogen-bond acceptors (Lipinski definition) is 5. The van der Waals surface area contributed by atoms with Gasteiger partial charge < -0.3 is 5.32 Å². The van der Waals surface area contributed by atoms with E-state index in [1.165, 1.54) is 23.9 Å². The molecule has 1 atom stereocenters. The van der Waals surface area contributed by atoms with Crippen LogP contribution in [-0.2, 0) is 4.79 Å². The summed E-state index contributed by atoms with van der Waals surface area (Å²) in [4.78, 5) is 12.9. The Morgan fingerprint density at radius 3 is 2.50 bits per heavy atom. The molecule has 6 nitrogen and oxygen atoms in total. The lowest BCUT2D eigenvalue weighted by molar-refractivity contribution is -0.120. The van der Waals surface area contributed by atoms with Gasteiger partial charge in [-0.1, -0.05) is 42.1 Å². The summed E-state index contributed by atoms with van der Waals surface area (Å²) in [5, 5.41) is 15.1. The van der Waals surface area contributed by atoms with Crippen molar-refractivity contribution in [1.82, 2.24) is 25.5 Å². The molecule has 1 saturated carbocycles. The Kier molecular flexibility index (Phi) is 5.13. The second-order valence-corrected chi connectivity index (χ2v) is 8.02. The Morgan fingerprint density at radius 2 is 1.86 bits per heavy atom. The van der Waals surface area contributed by atoms with Crippen molar-refractivity contribution in [1.29, 1.82) is 0 Å². The molecule has 0 unspecified atom stereocenters. The first-order valence-corrected chi connectivity index (χ1v) is 9.98. The van der Waals surface area contributed by atoms with Gasteiger partial charge >= 0.3 is 0 Å². The monoisotopic (exact) mass is 397 g/mol. The van der Waals surface area contributed by atoms with Crippen molar-refractivity contribution in [3.63, 3.8) is 0 Å². The van der Waals surface area contributed by atoms with Crippen LogP contribution >= 0.6 is 11.8 Å². The smallest absolute Gasteiger partial charge is 0.238 e. The molecule has 1 aromatic heterocycles. The summed E-state index contributed by atoms with van der Waals surface area (Å²) in [6.07, 6.45) is 1.99. The van der Waals surface area contributed by atoms with Gasteiger partial charge in [-0.2, -0.15) is 4.68 Å². The van der Waals surface area contributed by atoms with Gasteiger partial charge in [-0.05, 0) is 65.9 Å². The van der Waals surface area contributed by atoms with Crippen LogP contribution in [0.1, 0.15) is 34.8 Å². The van der Waals surface area contributed by atoms with E-state index in [4.69, 9.17) is 0 Å². The lowest BCUT2D eigenvalue weighted by Crippen LogP contribution is -2.30. The third kappa shape index (κ3) is 3.91. The van der Waals surface area contributed by atoms with Crippen LogP contribution in [0.3, 0.4) is 0 Å². The van der Waals surface area contributed by atoms with Gasteiger partial charge in [-0.3, -0.25) is 4.79 Å². The van der Waals surface area contributed by atoms with E-state index in [-0.39, 0.29) is 17.8 Å². The first-order chi connectivity index (χ1) is 13.5. The number of rotatable bonds is 6. The number of tetrazole rings is 1. The number of carbonyl (C=O) groups excluding carboxylic acids is 1. The topological polar surface area (TPSA) is 72.7 Å². The van der Waals surface area contributed by atoms with Crippen LogP contribution in [-0.4, -0.2) is 32.2 Å². The van der Waals surface area contributed by atoms with Gasteiger partial charge in [-0.15, -0.1) is 5.10 Å². The lowest BCUT2D eigenvalue weighted by Gasteiger charge is -2.17. The normalized spacial score (nSPS) is 14.7. The number of halogens is 1.